The maximum atomic E-state index is 11.9. The fourth-order valence-corrected chi connectivity index (χ4v) is 2.20. The van der Waals surface area contributed by atoms with Gasteiger partial charge in [0.2, 0.25) is 0 Å². The SMILES string of the molecule is C#CCOC(=O)C(C(C)(C)C)C(C)(C)C. The van der Waals surface area contributed by atoms with Gasteiger partial charge >= 0.3 is 5.97 Å². The first-order chi connectivity index (χ1) is 6.60. The molecule has 2 heteroatoms. The van der Waals surface area contributed by atoms with E-state index >= 15 is 0 Å². The Bertz CT molecular complexity index is 244. The van der Waals surface area contributed by atoms with Crippen LogP contribution in [0.5, 0.6) is 0 Å². The van der Waals surface area contributed by atoms with Crippen LogP contribution in [0.25, 0.3) is 0 Å². The van der Waals surface area contributed by atoms with E-state index in [0.717, 1.165) is 0 Å². The second-order valence-corrected chi connectivity index (χ2v) is 5.98. The molecule has 0 aromatic rings. The Morgan fingerprint density at radius 3 is 1.87 bits per heavy atom. The van der Waals surface area contributed by atoms with E-state index in [0.29, 0.717) is 0 Å². The summed E-state index contributed by atoms with van der Waals surface area (Å²) in [6.07, 6.45) is 5.07. The van der Waals surface area contributed by atoms with Crippen LogP contribution in [-0.4, -0.2) is 12.6 Å². The smallest absolute Gasteiger partial charge is 0.310 e. The molecule has 0 radical (unpaired) electrons. The predicted molar refractivity (Wildman–Crippen MR) is 62.2 cm³/mol. The van der Waals surface area contributed by atoms with Crippen LogP contribution in [-0.2, 0) is 9.53 Å². The molecule has 0 saturated heterocycles. The van der Waals surface area contributed by atoms with Crippen LogP contribution in [0.4, 0.5) is 0 Å². The molecule has 0 fully saturated rings. The summed E-state index contributed by atoms with van der Waals surface area (Å²) in [6.45, 7) is 12.3. The minimum atomic E-state index is -0.201. The quantitative estimate of drug-likeness (QED) is 0.517. The molecular formula is C13H22O2. The number of ether oxygens (including phenoxy) is 1. The summed E-state index contributed by atoms with van der Waals surface area (Å²) in [6, 6.07) is 0. The molecule has 15 heavy (non-hydrogen) atoms. The summed E-state index contributed by atoms with van der Waals surface area (Å²) in [5.74, 6) is 1.96. The van der Waals surface area contributed by atoms with Gasteiger partial charge < -0.3 is 4.74 Å². The normalized spacial score (nSPS) is 12.4. The van der Waals surface area contributed by atoms with E-state index in [4.69, 9.17) is 11.2 Å². The lowest BCUT2D eigenvalue weighted by molar-refractivity contribution is -0.156. The lowest BCUT2D eigenvalue weighted by Gasteiger charge is -2.38. The van der Waals surface area contributed by atoms with Gasteiger partial charge in [-0.25, -0.2) is 0 Å². The van der Waals surface area contributed by atoms with Crippen LogP contribution in [0, 0.1) is 29.1 Å². The van der Waals surface area contributed by atoms with E-state index in [1.165, 1.54) is 0 Å². The summed E-state index contributed by atoms with van der Waals surface area (Å²) in [7, 11) is 0. The van der Waals surface area contributed by atoms with E-state index < -0.39 is 0 Å². The molecule has 0 aromatic carbocycles. The Labute approximate surface area is 93.4 Å². The second kappa shape index (κ2) is 4.70. The topological polar surface area (TPSA) is 26.3 Å². The van der Waals surface area contributed by atoms with Crippen LogP contribution < -0.4 is 0 Å². The molecule has 0 saturated carbocycles. The number of carbonyl (C=O) groups is 1. The molecule has 0 rings (SSSR count). The minimum Gasteiger partial charge on any atom is -0.452 e. The summed E-state index contributed by atoms with van der Waals surface area (Å²) >= 11 is 0. The molecule has 0 aliphatic rings. The summed E-state index contributed by atoms with van der Waals surface area (Å²) in [5, 5.41) is 0. The molecule has 86 valence electrons. The Morgan fingerprint density at radius 1 is 1.20 bits per heavy atom. The van der Waals surface area contributed by atoms with Crippen molar-refractivity contribution in [3.05, 3.63) is 0 Å². The monoisotopic (exact) mass is 210 g/mol. The highest BCUT2D eigenvalue weighted by atomic mass is 16.5. The van der Waals surface area contributed by atoms with Crippen molar-refractivity contribution in [1.29, 1.82) is 0 Å². The van der Waals surface area contributed by atoms with E-state index in [1.54, 1.807) is 0 Å². The molecule has 0 amide bonds. The minimum absolute atomic E-state index is 0.0570. The standard InChI is InChI=1S/C13H22O2/c1-8-9-15-11(14)10(12(2,3)4)13(5,6)7/h1,10H,9H2,2-7H3. The third kappa shape index (κ3) is 4.38. The van der Waals surface area contributed by atoms with Gasteiger partial charge in [-0.3, -0.25) is 4.79 Å². The molecule has 0 aliphatic heterocycles. The van der Waals surface area contributed by atoms with Gasteiger partial charge in [-0.05, 0) is 10.8 Å². The van der Waals surface area contributed by atoms with Gasteiger partial charge in [0, 0.05) is 0 Å². The lowest BCUT2D eigenvalue weighted by atomic mass is 9.67. The van der Waals surface area contributed by atoms with E-state index in [1.807, 2.05) is 41.5 Å². The number of terminal acetylenes is 1. The van der Waals surface area contributed by atoms with E-state index in [-0.39, 0.29) is 29.3 Å². The third-order valence-electron chi connectivity index (χ3n) is 2.27. The molecule has 0 atom stereocenters. The van der Waals surface area contributed by atoms with Gasteiger partial charge in [0.1, 0.15) is 0 Å². The molecule has 0 N–H and O–H groups in total. The number of esters is 1. The Hall–Kier alpha value is -0.970. The molecule has 0 bridgehead atoms. The Kier molecular flexibility index (Phi) is 4.40. The molecular weight excluding hydrogens is 188 g/mol. The Balaban J connectivity index is 4.83. The highest BCUT2D eigenvalue weighted by Gasteiger charge is 2.41. The van der Waals surface area contributed by atoms with Gasteiger partial charge in [0.25, 0.3) is 0 Å². The maximum absolute atomic E-state index is 11.9. The molecule has 0 spiro atoms. The summed E-state index contributed by atoms with van der Waals surface area (Å²) in [5.41, 5.74) is -0.242. The fraction of sp³-hybridized carbons (Fsp3) is 0.769. The molecule has 0 aromatic heterocycles. The van der Waals surface area contributed by atoms with Crippen molar-refractivity contribution in [3.63, 3.8) is 0 Å². The van der Waals surface area contributed by atoms with Crippen molar-refractivity contribution in [2.24, 2.45) is 16.7 Å². The van der Waals surface area contributed by atoms with Gasteiger partial charge in [-0.15, -0.1) is 6.42 Å². The Morgan fingerprint density at radius 2 is 1.60 bits per heavy atom. The van der Waals surface area contributed by atoms with Crippen LogP contribution in [0.3, 0.4) is 0 Å². The van der Waals surface area contributed by atoms with E-state index in [9.17, 15) is 4.79 Å². The van der Waals surface area contributed by atoms with Crippen molar-refractivity contribution in [2.75, 3.05) is 6.61 Å². The molecule has 0 unspecified atom stereocenters. The number of hydrogen-bond donors (Lipinski definition) is 0. The van der Waals surface area contributed by atoms with Crippen molar-refractivity contribution < 1.29 is 9.53 Å². The zero-order chi connectivity index (χ0) is 12.3. The highest BCUT2D eigenvalue weighted by Crippen LogP contribution is 2.40. The molecule has 0 heterocycles. The first-order valence-electron chi connectivity index (χ1n) is 5.21. The van der Waals surface area contributed by atoms with Crippen molar-refractivity contribution >= 4 is 5.97 Å². The second-order valence-electron chi connectivity index (χ2n) is 5.98. The zero-order valence-corrected chi connectivity index (χ0v) is 10.7. The fourth-order valence-electron chi connectivity index (χ4n) is 2.20. The molecule has 2 nitrogen and oxygen atoms in total. The number of carbonyl (C=O) groups excluding carboxylic acids is 1. The summed E-state index contributed by atoms with van der Waals surface area (Å²) in [4.78, 5) is 11.9. The summed E-state index contributed by atoms with van der Waals surface area (Å²) < 4.78 is 5.03. The van der Waals surface area contributed by atoms with Gasteiger partial charge in [0.15, 0.2) is 6.61 Å². The maximum Gasteiger partial charge on any atom is 0.310 e. The van der Waals surface area contributed by atoms with Crippen LogP contribution >= 0.6 is 0 Å². The third-order valence-corrected chi connectivity index (χ3v) is 2.27. The first-order valence-corrected chi connectivity index (χ1v) is 5.21. The predicted octanol–water partition coefficient (Wildman–Crippen LogP) is 2.87. The van der Waals surface area contributed by atoms with E-state index in [2.05, 4.69) is 5.92 Å². The van der Waals surface area contributed by atoms with Gasteiger partial charge in [-0.2, -0.15) is 0 Å². The zero-order valence-electron chi connectivity index (χ0n) is 10.7. The van der Waals surface area contributed by atoms with Crippen LogP contribution in [0.15, 0.2) is 0 Å². The van der Waals surface area contributed by atoms with Gasteiger partial charge in [0.05, 0.1) is 5.92 Å². The first kappa shape index (κ1) is 14.0. The average molecular weight is 210 g/mol. The largest absolute Gasteiger partial charge is 0.452 e. The average Bonchev–Trinajstić information content (AvgIpc) is 1.94. The van der Waals surface area contributed by atoms with Crippen LogP contribution in [0.2, 0.25) is 0 Å². The van der Waals surface area contributed by atoms with Crippen molar-refractivity contribution in [1.82, 2.24) is 0 Å². The molecule has 0 aliphatic carbocycles. The lowest BCUT2D eigenvalue weighted by Crippen LogP contribution is -2.40. The van der Waals surface area contributed by atoms with Crippen molar-refractivity contribution in [2.45, 2.75) is 41.5 Å². The number of hydrogen-bond acceptors (Lipinski definition) is 2. The van der Waals surface area contributed by atoms with Crippen LogP contribution in [0.1, 0.15) is 41.5 Å². The number of rotatable bonds is 2. The highest BCUT2D eigenvalue weighted by molar-refractivity contribution is 5.74. The van der Waals surface area contributed by atoms with Crippen molar-refractivity contribution in [3.8, 4) is 12.3 Å². The van der Waals surface area contributed by atoms with Gasteiger partial charge in [-0.1, -0.05) is 47.5 Å².